The monoisotopic (exact) mass is 343 g/mol. The van der Waals surface area contributed by atoms with Gasteiger partial charge in [0.15, 0.2) is 6.61 Å². The summed E-state index contributed by atoms with van der Waals surface area (Å²) in [6.07, 6.45) is 0. The Bertz CT molecular complexity index is 899. The molecule has 0 unspecified atom stereocenters. The second-order valence-corrected chi connectivity index (χ2v) is 5.62. The third-order valence-corrected chi connectivity index (χ3v) is 3.74. The van der Waals surface area contributed by atoms with Gasteiger partial charge in [0.1, 0.15) is 5.58 Å². The minimum atomic E-state index is -0.671. The fraction of sp³-hybridized carbons (Fsp3) is 0.111. The van der Waals surface area contributed by atoms with Crippen LogP contribution in [0.5, 0.6) is 0 Å². The first-order valence-corrected chi connectivity index (χ1v) is 7.63. The Kier molecular flexibility index (Phi) is 4.53. The lowest BCUT2D eigenvalue weighted by Crippen LogP contribution is -2.21. The van der Waals surface area contributed by atoms with Crippen LogP contribution in [0.4, 0.5) is 5.69 Å². The number of esters is 1. The van der Waals surface area contributed by atoms with E-state index in [1.54, 1.807) is 37.3 Å². The lowest BCUT2D eigenvalue weighted by atomic mass is 10.1. The number of anilines is 1. The second kappa shape index (κ2) is 6.76. The number of amides is 1. The average Bonchev–Trinajstić information content (AvgIpc) is 2.92. The highest BCUT2D eigenvalue weighted by atomic mass is 35.5. The minimum Gasteiger partial charge on any atom is -0.450 e. The normalized spacial score (nSPS) is 10.6. The fourth-order valence-electron chi connectivity index (χ4n) is 2.30. The van der Waals surface area contributed by atoms with E-state index >= 15 is 0 Å². The number of carbonyl (C=O) groups excluding carboxylic acids is 2. The maximum atomic E-state index is 12.1. The number of nitrogens with one attached hydrogen (secondary N) is 1. The molecule has 0 saturated carbocycles. The Labute approximate surface area is 143 Å². The van der Waals surface area contributed by atoms with Crippen molar-refractivity contribution in [1.29, 1.82) is 0 Å². The molecule has 122 valence electrons. The molecule has 0 radical (unpaired) electrons. The van der Waals surface area contributed by atoms with Crippen LogP contribution < -0.4 is 5.32 Å². The van der Waals surface area contributed by atoms with Crippen LogP contribution in [0.3, 0.4) is 0 Å². The van der Waals surface area contributed by atoms with Crippen molar-refractivity contribution in [1.82, 2.24) is 0 Å². The fourth-order valence-corrected chi connectivity index (χ4v) is 2.42. The predicted octanol–water partition coefficient (Wildman–Crippen LogP) is 4.19. The van der Waals surface area contributed by atoms with Gasteiger partial charge in [-0.1, -0.05) is 29.8 Å². The number of aryl methyl sites for hydroxylation is 1. The summed E-state index contributed by atoms with van der Waals surface area (Å²) in [5, 5.41) is 4.02. The molecule has 0 atom stereocenters. The summed E-state index contributed by atoms with van der Waals surface area (Å²) in [5.41, 5.74) is 1.86. The van der Waals surface area contributed by atoms with Gasteiger partial charge >= 0.3 is 5.97 Å². The quantitative estimate of drug-likeness (QED) is 0.721. The number of ether oxygens (including phenoxy) is 1. The number of para-hydroxylation sites is 1. The van der Waals surface area contributed by atoms with Gasteiger partial charge in [0.05, 0.1) is 0 Å². The standard InChI is InChI=1S/C18H14ClNO4/c1-11-14-4-2-3-5-15(14)24-17(11)18(22)23-10-16(21)20-13-8-6-12(19)7-9-13/h2-9H,10H2,1H3,(H,20,21). The Hall–Kier alpha value is -2.79. The van der Waals surface area contributed by atoms with Crippen LogP contribution in [0.2, 0.25) is 5.02 Å². The first-order chi connectivity index (χ1) is 11.5. The molecule has 1 N–H and O–H groups in total. The van der Waals surface area contributed by atoms with Crippen molar-refractivity contribution in [3.63, 3.8) is 0 Å². The molecule has 0 aliphatic heterocycles. The smallest absolute Gasteiger partial charge is 0.375 e. The van der Waals surface area contributed by atoms with E-state index in [-0.39, 0.29) is 5.76 Å². The molecule has 3 aromatic rings. The number of furan rings is 1. The van der Waals surface area contributed by atoms with E-state index in [0.29, 0.717) is 21.9 Å². The zero-order valence-electron chi connectivity index (χ0n) is 12.8. The van der Waals surface area contributed by atoms with Gasteiger partial charge in [-0.05, 0) is 37.3 Å². The van der Waals surface area contributed by atoms with E-state index in [0.717, 1.165) is 5.39 Å². The van der Waals surface area contributed by atoms with Gasteiger partial charge in [-0.2, -0.15) is 0 Å². The Morgan fingerprint density at radius 2 is 1.83 bits per heavy atom. The van der Waals surface area contributed by atoms with Gasteiger partial charge < -0.3 is 14.5 Å². The highest BCUT2D eigenvalue weighted by Crippen LogP contribution is 2.25. The Morgan fingerprint density at radius 1 is 1.12 bits per heavy atom. The molecule has 1 aromatic heterocycles. The molecule has 24 heavy (non-hydrogen) atoms. The Balaban J connectivity index is 1.63. The van der Waals surface area contributed by atoms with Gasteiger partial charge in [0, 0.05) is 21.7 Å². The summed E-state index contributed by atoms with van der Waals surface area (Å²) in [4.78, 5) is 24.0. The summed E-state index contributed by atoms with van der Waals surface area (Å²) >= 11 is 5.77. The van der Waals surface area contributed by atoms with Crippen LogP contribution in [0, 0.1) is 6.92 Å². The summed E-state index contributed by atoms with van der Waals surface area (Å²) in [6.45, 7) is 1.37. The maximum Gasteiger partial charge on any atom is 0.375 e. The number of rotatable bonds is 4. The zero-order valence-corrected chi connectivity index (χ0v) is 13.6. The summed E-state index contributed by atoms with van der Waals surface area (Å²) in [6, 6.07) is 13.9. The van der Waals surface area contributed by atoms with E-state index in [2.05, 4.69) is 5.32 Å². The predicted molar refractivity (Wildman–Crippen MR) is 91.3 cm³/mol. The lowest BCUT2D eigenvalue weighted by Gasteiger charge is -2.06. The number of halogens is 1. The molecule has 2 aromatic carbocycles. The van der Waals surface area contributed by atoms with E-state index in [1.807, 2.05) is 18.2 Å². The average molecular weight is 344 g/mol. The molecule has 1 amide bonds. The van der Waals surface area contributed by atoms with E-state index in [1.165, 1.54) is 0 Å². The zero-order chi connectivity index (χ0) is 17.1. The first kappa shape index (κ1) is 16.1. The van der Waals surface area contributed by atoms with Gasteiger partial charge in [-0.3, -0.25) is 4.79 Å². The van der Waals surface area contributed by atoms with Gasteiger partial charge in [0.2, 0.25) is 5.76 Å². The molecule has 1 heterocycles. The number of carbonyl (C=O) groups is 2. The summed E-state index contributed by atoms with van der Waals surface area (Å²) in [5.74, 6) is -1.01. The van der Waals surface area contributed by atoms with Crippen molar-refractivity contribution in [3.8, 4) is 0 Å². The Morgan fingerprint density at radius 3 is 2.54 bits per heavy atom. The molecule has 0 bridgehead atoms. The van der Waals surface area contributed by atoms with E-state index in [9.17, 15) is 9.59 Å². The highest BCUT2D eigenvalue weighted by molar-refractivity contribution is 6.30. The third kappa shape index (κ3) is 3.41. The molecule has 0 fully saturated rings. The van der Waals surface area contributed by atoms with Crippen LogP contribution in [-0.2, 0) is 9.53 Å². The molecule has 6 heteroatoms. The third-order valence-electron chi connectivity index (χ3n) is 3.49. The van der Waals surface area contributed by atoms with Crippen LogP contribution >= 0.6 is 11.6 Å². The molecule has 5 nitrogen and oxygen atoms in total. The van der Waals surface area contributed by atoms with Crippen LogP contribution in [-0.4, -0.2) is 18.5 Å². The maximum absolute atomic E-state index is 12.1. The number of fused-ring (bicyclic) bond motifs is 1. The molecule has 0 spiro atoms. The summed E-state index contributed by atoms with van der Waals surface area (Å²) < 4.78 is 10.5. The first-order valence-electron chi connectivity index (χ1n) is 7.25. The van der Waals surface area contributed by atoms with Crippen LogP contribution in [0.25, 0.3) is 11.0 Å². The highest BCUT2D eigenvalue weighted by Gasteiger charge is 2.19. The van der Waals surface area contributed by atoms with Crippen molar-refractivity contribution < 1.29 is 18.7 Å². The largest absolute Gasteiger partial charge is 0.450 e. The van der Waals surface area contributed by atoms with Crippen molar-refractivity contribution in [2.75, 3.05) is 11.9 Å². The molecule has 0 aliphatic carbocycles. The van der Waals surface area contributed by atoms with Gasteiger partial charge in [0.25, 0.3) is 5.91 Å². The minimum absolute atomic E-state index is 0.107. The number of hydrogen-bond donors (Lipinski definition) is 1. The number of benzene rings is 2. The van der Waals surface area contributed by atoms with Crippen LogP contribution in [0.15, 0.2) is 52.9 Å². The topological polar surface area (TPSA) is 68.5 Å². The van der Waals surface area contributed by atoms with Crippen molar-refractivity contribution in [2.45, 2.75) is 6.92 Å². The van der Waals surface area contributed by atoms with Crippen molar-refractivity contribution >= 4 is 40.1 Å². The lowest BCUT2D eigenvalue weighted by molar-refractivity contribution is -0.119. The number of hydrogen-bond acceptors (Lipinski definition) is 4. The van der Waals surface area contributed by atoms with E-state index in [4.69, 9.17) is 20.8 Å². The summed E-state index contributed by atoms with van der Waals surface area (Å²) in [7, 11) is 0. The van der Waals surface area contributed by atoms with Crippen LogP contribution in [0.1, 0.15) is 16.1 Å². The molecular formula is C18H14ClNO4. The van der Waals surface area contributed by atoms with Gasteiger partial charge in [-0.15, -0.1) is 0 Å². The van der Waals surface area contributed by atoms with Crippen molar-refractivity contribution in [2.24, 2.45) is 0 Å². The molecular weight excluding hydrogens is 330 g/mol. The molecule has 3 rings (SSSR count). The molecule has 0 saturated heterocycles. The second-order valence-electron chi connectivity index (χ2n) is 5.18. The molecule has 0 aliphatic rings. The van der Waals surface area contributed by atoms with Gasteiger partial charge in [-0.25, -0.2) is 4.79 Å². The van der Waals surface area contributed by atoms with Crippen molar-refractivity contribution in [3.05, 3.63) is 64.9 Å². The SMILES string of the molecule is Cc1c(C(=O)OCC(=O)Nc2ccc(Cl)cc2)oc2ccccc12. The van der Waals surface area contributed by atoms with E-state index < -0.39 is 18.5 Å².